The highest BCUT2D eigenvalue weighted by Gasteiger charge is 2.07. The molecule has 0 saturated heterocycles. The topological polar surface area (TPSA) is 55.6 Å². The highest BCUT2D eigenvalue weighted by atomic mass is 15.4. The van der Waals surface area contributed by atoms with E-state index in [4.69, 9.17) is 0 Å². The third-order valence-electron chi connectivity index (χ3n) is 2.47. The first-order chi connectivity index (χ1) is 8.10. The van der Waals surface area contributed by atoms with Crippen LogP contribution < -0.4 is 5.32 Å². The van der Waals surface area contributed by atoms with Gasteiger partial charge in [0.25, 0.3) is 0 Å². The number of pyridine rings is 1. The highest BCUT2D eigenvalue weighted by molar-refractivity contribution is 5.30. The van der Waals surface area contributed by atoms with Crippen LogP contribution in [0.5, 0.6) is 0 Å². The zero-order valence-corrected chi connectivity index (χ0v) is 10.7. The lowest BCUT2D eigenvalue weighted by atomic mass is 10.2. The molecule has 0 bridgehead atoms. The summed E-state index contributed by atoms with van der Waals surface area (Å²) in [5, 5.41) is 7.48. The molecule has 2 heterocycles. The number of rotatable bonds is 3. The van der Waals surface area contributed by atoms with Gasteiger partial charge in [0.15, 0.2) is 5.82 Å². The molecule has 5 heteroatoms. The summed E-state index contributed by atoms with van der Waals surface area (Å²) in [4.78, 5) is 8.78. The van der Waals surface area contributed by atoms with Crippen LogP contribution in [0.2, 0.25) is 0 Å². The predicted molar refractivity (Wildman–Crippen MR) is 66.1 cm³/mol. The van der Waals surface area contributed by atoms with Gasteiger partial charge in [-0.25, -0.2) is 9.97 Å². The Bertz CT molecular complexity index is 530. The lowest BCUT2D eigenvalue weighted by Gasteiger charge is -2.07. The van der Waals surface area contributed by atoms with Crippen molar-refractivity contribution >= 4 is 0 Å². The number of nitrogens with zero attached hydrogens (tertiary/aromatic N) is 4. The minimum Gasteiger partial charge on any atom is -0.316 e. The van der Waals surface area contributed by atoms with Crippen LogP contribution in [0.1, 0.15) is 22.9 Å². The highest BCUT2D eigenvalue weighted by Crippen LogP contribution is 2.11. The molecule has 1 N–H and O–H groups in total. The van der Waals surface area contributed by atoms with Crippen molar-refractivity contribution in [2.24, 2.45) is 0 Å². The molecule has 0 spiro atoms. The van der Waals surface area contributed by atoms with E-state index < -0.39 is 0 Å². The first-order valence-electron chi connectivity index (χ1n) is 5.63. The second-order valence-corrected chi connectivity index (χ2v) is 4.12. The number of aromatic nitrogens is 4. The average Bonchev–Trinajstić information content (AvgIpc) is 2.57. The molecule has 0 unspecified atom stereocenters. The molecule has 0 aliphatic heterocycles. The summed E-state index contributed by atoms with van der Waals surface area (Å²) < 4.78 is 1.78. The van der Waals surface area contributed by atoms with Gasteiger partial charge < -0.3 is 5.32 Å². The van der Waals surface area contributed by atoms with Crippen LogP contribution in [0.3, 0.4) is 0 Å². The van der Waals surface area contributed by atoms with Crippen molar-refractivity contribution in [3.63, 3.8) is 0 Å². The van der Waals surface area contributed by atoms with Crippen LogP contribution in [0.25, 0.3) is 5.82 Å². The first kappa shape index (κ1) is 11.7. The second kappa shape index (κ2) is 4.63. The fourth-order valence-electron chi connectivity index (χ4n) is 1.87. The van der Waals surface area contributed by atoms with Gasteiger partial charge in [0.05, 0.1) is 0 Å². The SMILES string of the molecule is CNCc1cc(C)nc(-n2nc(C)nc2C)c1. The zero-order chi connectivity index (χ0) is 12.4. The summed E-state index contributed by atoms with van der Waals surface area (Å²) in [7, 11) is 1.93. The molecule has 0 saturated carbocycles. The van der Waals surface area contributed by atoms with Gasteiger partial charge in [-0.2, -0.15) is 4.68 Å². The molecule has 2 aromatic heterocycles. The molecule has 0 aromatic carbocycles. The summed E-state index contributed by atoms with van der Waals surface area (Å²) in [5.41, 5.74) is 2.18. The van der Waals surface area contributed by atoms with Gasteiger partial charge >= 0.3 is 0 Å². The van der Waals surface area contributed by atoms with E-state index in [-0.39, 0.29) is 0 Å². The molecule has 2 aromatic rings. The first-order valence-corrected chi connectivity index (χ1v) is 5.63. The van der Waals surface area contributed by atoms with E-state index in [0.717, 1.165) is 29.7 Å². The van der Waals surface area contributed by atoms with E-state index in [1.807, 2.05) is 33.9 Å². The summed E-state index contributed by atoms with van der Waals surface area (Å²) in [6, 6.07) is 4.10. The molecule has 0 amide bonds. The van der Waals surface area contributed by atoms with E-state index in [9.17, 15) is 0 Å². The van der Waals surface area contributed by atoms with Gasteiger partial charge in [-0.05, 0) is 45.5 Å². The molecular weight excluding hydrogens is 214 g/mol. The fourth-order valence-corrected chi connectivity index (χ4v) is 1.87. The van der Waals surface area contributed by atoms with Crippen LogP contribution in [-0.4, -0.2) is 26.8 Å². The maximum absolute atomic E-state index is 4.49. The zero-order valence-electron chi connectivity index (χ0n) is 10.7. The smallest absolute Gasteiger partial charge is 0.156 e. The molecular formula is C12H17N5. The number of nitrogens with one attached hydrogen (secondary N) is 1. The van der Waals surface area contributed by atoms with Gasteiger partial charge in [0.2, 0.25) is 0 Å². The van der Waals surface area contributed by atoms with E-state index in [1.165, 1.54) is 5.56 Å². The molecule has 5 nitrogen and oxygen atoms in total. The van der Waals surface area contributed by atoms with Crippen molar-refractivity contribution in [2.45, 2.75) is 27.3 Å². The molecule has 0 aliphatic carbocycles. The van der Waals surface area contributed by atoms with Gasteiger partial charge in [-0.3, -0.25) is 0 Å². The van der Waals surface area contributed by atoms with Crippen molar-refractivity contribution in [3.8, 4) is 5.82 Å². The third kappa shape index (κ3) is 2.50. The fraction of sp³-hybridized carbons (Fsp3) is 0.417. The van der Waals surface area contributed by atoms with Gasteiger partial charge in [-0.15, -0.1) is 5.10 Å². The molecule has 17 heavy (non-hydrogen) atoms. The lowest BCUT2D eigenvalue weighted by molar-refractivity contribution is 0.779. The normalized spacial score (nSPS) is 10.8. The van der Waals surface area contributed by atoms with Crippen LogP contribution in [0.15, 0.2) is 12.1 Å². The van der Waals surface area contributed by atoms with Gasteiger partial charge in [0, 0.05) is 12.2 Å². The quantitative estimate of drug-likeness (QED) is 0.865. The number of hydrogen-bond donors (Lipinski definition) is 1. The lowest BCUT2D eigenvalue weighted by Crippen LogP contribution is -2.09. The molecule has 0 atom stereocenters. The Morgan fingerprint density at radius 2 is 1.94 bits per heavy atom. The molecule has 0 fully saturated rings. The monoisotopic (exact) mass is 231 g/mol. The van der Waals surface area contributed by atoms with Crippen LogP contribution in [0.4, 0.5) is 0 Å². The second-order valence-electron chi connectivity index (χ2n) is 4.12. The summed E-state index contributed by atoms with van der Waals surface area (Å²) in [6.45, 7) is 6.63. The number of hydrogen-bond acceptors (Lipinski definition) is 4. The van der Waals surface area contributed by atoms with E-state index >= 15 is 0 Å². The van der Waals surface area contributed by atoms with Crippen LogP contribution in [-0.2, 0) is 6.54 Å². The van der Waals surface area contributed by atoms with Crippen molar-refractivity contribution in [3.05, 3.63) is 35.0 Å². The van der Waals surface area contributed by atoms with Gasteiger partial charge in [0.1, 0.15) is 11.6 Å². The average molecular weight is 231 g/mol. The minimum atomic E-state index is 0.765. The Morgan fingerprint density at radius 1 is 1.18 bits per heavy atom. The predicted octanol–water partition coefficient (Wildman–Crippen LogP) is 1.31. The number of aryl methyl sites for hydroxylation is 3. The Kier molecular flexibility index (Phi) is 3.19. The van der Waals surface area contributed by atoms with Crippen molar-refractivity contribution in [1.82, 2.24) is 25.1 Å². The Hall–Kier alpha value is -1.75. The van der Waals surface area contributed by atoms with E-state index in [1.54, 1.807) is 4.68 Å². The Balaban J connectivity index is 2.48. The molecule has 2 rings (SSSR count). The van der Waals surface area contributed by atoms with Crippen molar-refractivity contribution < 1.29 is 0 Å². The van der Waals surface area contributed by atoms with Crippen LogP contribution >= 0.6 is 0 Å². The Morgan fingerprint density at radius 3 is 2.53 bits per heavy atom. The van der Waals surface area contributed by atoms with Crippen molar-refractivity contribution in [1.29, 1.82) is 0 Å². The summed E-state index contributed by atoms with van der Waals surface area (Å²) in [6.07, 6.45) is 0. The maximum Gasteiger partial charge on any atom is 0.156 e. The Labute approximate surface area is 101 Å². The molecule has 0 aliphatic rings. The molecule has 90 valence electrons. The maximum atomic E-state index is 4.49. The minimum absolute atomic E-state index is 0.765. The van der Waals surface area contributed by atoms with E-state index in [2.05, 4.69) is 26.4 Å². The molecule has 0 radical (unpaired) electrons. The largest absolute Gasteiger partial charge is 0.316 e. The van der Waals surface area contributed by atoms with E-state index in [0.29, 0.717) is 0 Å². The standard InChI is InChI=1S/C12H17N5/c1-8-5-11(7-13-4)6-12(14-8)17-10(3)15-9(2)16-17/h5-6,13H,7H2,1-4H3. The van der Waals surface area contributed by atoms with Crippen molar-refractivity contribution in [2.75, 3.05) is 7.05 Å². The van der Waals surface area contributed by atoms with Gasteiger partial charge in [-0.1, -0.05) is 0 Å². The van der Waals surface area contributed by atoms with Crippen LogP contribution in [0, 0.1) is 20.8 Å². The summed E-state index contributed by atoms with van der Waals surface area (Å²) in [5.74, 6) is 2.45. The summed E-state index contributed by atoms with van der Waals surface area (Å²) >= 11 is 0. The third-order valence-corrected chi connectivity index (χ3v) is 2.47.